The molecule has 0 saturated carbocycles. The maximum Gasteiger partial charge on any atom is 0.307 e. The lowest BCUT2D eigenvalue weighted by Crippen LogP contribution is -2.40. The predicted molar refractivity (Wildman–Crippen MR) is 89.9 cm³/mol. The van der Waals surface area contributed by atoms with Crippen molar-refractivity contribution in [2.75, 3.05) is 18.1 Å². The van der Waals surface area contributed by atoms with Gasteiger partial charge in [0.1, 0.15) is 12.4 Å². The number of esters is 1. The van der Waals surface area contributed by atoms with Crippen LogP contribution in [0.4, 0.5) is 5.69 Å². The molecular weight excluding hydrogens is 320 g/mol. The number of anilines is 1. The van der Waals surface area contributed by atoms with Gasteiger partial charge in [-0.15, -0.1) is 0 Å². The Hall–Kier alpha value is -3.33. The van der Waals surface area contributed by atoms with E-state index in [1.165, 1.54) is 0 Å². The number of fused-ring (bicyclic) bond motifs is 1. The molecule has 0 aliphatic carbocycles. The average molecular weight is 336 g/mol. The molecule has 0 spiro atoms. The Morgan fingerprint density at radius 1 is 1.20 bits per heavy atom. The molecule has 0 N–H and O–H groups in total. The molecule has 1 heterocycles. The highest BCUT2D eigenvalue weighted by molar-refractivity contribution is 5.98. The van der Waals surface area contributed by atoms with Gasteiger partial charge in [0, 0.05) is 6.54 Å². The van der Waals surface area contributed by atoms with Gasteiger partial charge < -0.3 is 14.4 Å². The zero-order valence-corrected chi connectivity index (χ0v) is 13.5. The first-order valence-electron chi connectivity index (χ1n) is 7.84. The molecule has 0 saturated heterocycles. The van der Waals surface area contributed by atoms with Crippen LogP contribution < -0.4 is 9.64 Å². The molecule has 1 amide bonds. The highest BCUT2D eigenvalue weighted by Crippen LogP contribution is 2.31. The third-order valence-corrected chi connectivity index (χ3v) is 3.83. The summed E-state index contributed by atoms with van der Waals surface area (Å²) in [5.74, 6) is 0.0628. The SMILES string of the molecule is N#Cc1ccc(COC(=O)CCN2C(=O)COc3ccccc32)cc1. The number of hydrogen-bond donors (Lipinski definition) is 0. The molecule has 1 aliphatic rings. The van der Waals surface area contributed by atoms with Crippen molar-refractivity contribution < 1.29 is 19.1 Å². The molecular formula is C19H16N2O4. The first-order valence-corrected chi connectivity index (χ1v) is 7.84. The Kier molecular flexibility index (Phi) is 4.95. The van der Waals surface area contributed by atoms with Crippen molar-refractivity contribution in [1.29, 1.82) is 5.26 Å². The number of nitrogens with zero attached hydrogens (tertiary/aromatic N) is 2. The fourth-order valence-corrected chi connectivity index (χ4v) is 2.51. The highest BCUT2D eigenvalue weighted by Gasteiger charge is 2.25. The number of hydrogen-bond acceptors (Lipinski definition) is 5. The van der Waals surface area contributed by atoms with Crippen molar-refractivity contribution in [2.45, 2.75) is 13.0 Å². The molecule has 6 nitrogen and oxygen atoms in total. The Balaban J connectivity index is 1.53. The number of nitriles is 1. The number of ether oxygens (including phenoxy) is 2. The second-order valence-electron chi connectivity index (χ2n) is 5.52. The second-order valence-corrected chi connectivity index (χ2v) is 5.52. The van der Waals surface area contributed by atoms with Crippen LogP contribution in [0.5, 0.6) is 5.75 Å². The summed E-state index contributed by atoms with van der Waals surface area (Å²) in [6.07, 6.45) is 0.0936. The van der Waals surface area contributed by atoms with Gasteiger partial charge in [-0.3, -0.25) is 9.59 Å². The van der Waals surface area contributed by atoms with Gasteiger partial charge in [-0.05, 0) is 29.8 Å². The molecule has 3 rings (SSSR count). The molecule has 6 heteroatoms. The maximum absolute atomic E-state index is 12.0. The van der Waals surface area contributed by atoms with Gasteiger partial charge in [-0.1, -0.05) is 24.3 Å². The third kappa shape index (κ3) is 3.96. The van der Waals surface area contributed by atoms with E-state index in [-0.39, 0.29) is 38.1 Å². The topological polar surface area (TPSA) is 79.6 Å². The summed E-state index contributed by atoms with van der Waals surface area (Å²) in [6, 6.07) is 16.1. The Morgan fingerprint density at radius 2 is 1.96 bits per heavy atom. The second kappa shape index (κ2) is 7.49. The zero-order valence-electron chi connectivity index (χ0n) is 13.5. The molecule has 25 heavy (non-hydrogen) atoms. The Labute approximate surface area is 145 Å². The van der Waals surface area contributed by atoms with Gasteiger partial charge in [-0.2, -0.15) is 5.26 Å². The predicted octanol–water partition coefficient (Wildman–Crippen LogP) is 2.42. The summed E-state index contributed by atoms with van der Waals surface area (Å²) in [5.41, 5.74) is 2.03. The summed E-state index contributed by atoms with van der Waals surface area (Å²) in [4.78, 5) is 25.5. The van der Waals surface area contributed by atoms with Crippen LogP contribution in [0.2, 0.25) is 0 Å². The molecule has 0 aromatic heterocycles. The van der Waals surface area contributed by atoms with Gasteiger partial charge in [0.15, 0.2) is 6.61 Å². The van der Waals surface area contributed by atoms with E-state index in [0.29, 0.717) is 17.0 Å². The van der Waals surface area contributed by atoms with Crippen LogP contribution >= 0.6 is 0 Å². The lowest BCUT2D eigenvalue weighted by molar-refractivity contribution is -0.144. The van der Waals surface area contributed by atoms with Crippen LogP contribution in [0.15, 0.2) is 48.5 Å². The average Bonchev–Trinajstić information content (AvgIpc) is 2.66. The molecule has 1 aliphatic heterocycles. The maximum atomic E-state index is 12.0. The standard InChI is InChI=1S/C19H16N2O4/c20-11-14-5-7-15(8-6-14)12-25-19(23)9-10-21-16-3-1-2-4-17(16)24-13-18(21)22/h1-8H,9-10,12-13H2. The molecule has 2 aromatic rings. The number of carbonyl (C=O) groups is 2. The van der Waals surface area contributed by atoms with Crippen LogP contribution in [0.25, 0.3) is 0 Å². The first-order chi connectivity index (χ1) is 12.2. The van der Waals surface area contributed by atoms with Gasteiger partial charge in [0.05, 0.1) is 23.7 Å². The van der Waals surface area contributed by atoms with E-state index in [4.69, 9.17) is 14.7 Å². The minimum atomic E-state index is -0.388. The van der Waals surface area contributed by atoms with Crippen molar-refractivity contribution in [1.82, 2.24) is 0 Å². The summed E-state index contributed by atoms with van der Waals surface area (Å²) in [7, 11) is 0. The van der Waals surface area contributed by atoms with Crippen molar-refractivity contribution in [3.63, 3.8) is 0 Å². The Morgan fingerprint density at radius 3 is 2.72 bits per heavy atom. The zero-order chi connectivity index (χ0) is 17.6. The molecule has 0 bridgehead atoms. The van der Waals surface area contributed by atoms with Crippen molar-refractivity contribution in [2.24, 2.45) is 0 Å². The van der Waals surface area contributed by atoms with Gasteiger partial charge >= 0.3 is 5.97 Å². The van der Waals surface area contributed by atoms with E-state index < -0.39 is 0 Å². The minimum Gasteiger partial charge on any atom is -0.482 e. The van der Waals surface area contributed by atoms with Crippen LogP contribution in [0, 0.1) is 11.3 Å². The summed E-state index contributed by atoms with van der Waals surface area (Å²) >= 11 is 0. The summed E-state index contributed by atoms with van der Waals surface area (Å²) in [5, 5.41) is 8.76. The highest BCUT2D eigenvalue weighted by atomic mass is 16.5. The molecule has 0 radical (unpaired) electrons. The summed E-state index contributed by atoms with van der Waals surface area (Å²) in [6.45, 7) is 0.348. The van der Waals surface area contributed by atoms with Crippen LogP contribution in [0.3, 0.4) is 0 Å². The molecule has 0 fully saturated rings. The quantitative estimate of drug-likeness (QED) is 0.784. The Bertz CT molecular complexity index is 824. The van der Waals surface area contributed by atoms with E-state index in [0.717, 1.165) is 5.56 Å². The number of carbonyl (C=O) groups excluding carboxylic acids is 2. The van der Waals surface area contributed by atoms with Gasteiger partial charge in [0.2, 0.25) is 0 Å². The van der Waals surface area contributed by atoms with Crippen molar-refractivity contribution in [3.05, 3.63) is 59.7 Å². The smallest absolute Gasteiger partial charge is 0.307 e. The van der Waals surface area contributed by atoms with E-state index in [9.17, 15) is 9.59 Å². The summed E-state index contributed by atoms with van der Waals surface area (Å²) < 4.78 is 10.6. The molecule has 2 aromatic carbocycles. The third-order valence-electron chi connectivity index (χ3n) is 3.83. The lowest BCUT2D eigenvalue weighted by atomic mass is 10.2. The number of benzene rings is 2. The number of rotatable bonds is 5. The van der Waals surface area contributed by atoms with E-state index >= 15 is 0 Å². The van der Waals surface area contributed by atoms with E-state index in [1.54, 1.807) is 41.3 Å². The van der Waals surface area contributed by atoms with Crippen LogP contribution in [-0.4, -0.2) is 25.0 Å². The van der Waals surface area contributed by atoms with Gasteiger partial charge in [-0.25, -0.2) is 0 Å². The van der Waals surface area contributed by atoms with Crippen molar-refractivity contribution >= 4 is 17.6 Å². The van der Waals surface area contributed by atoms with Crippen molar-refractivity contribution in [3.8, 4) is 11.8 Å². The largest absolute Gasteiger partial charge is 0.482 e. The first kappa shape index (κ1) is 16.5. The normalized spacial score (nSPS) is 12.8. The molecule has 0 atom stereocenters. The van der Waals surface area contributed by atoms with Gasteiger partial charge in [0.25, 0.3) is 5.91 Å². The van der Waals surface area contributed by atoms with E-state index in [1.807, 2.05) is 18.2 Å². The van der Waals surface area contributed by atoms with Crippen LogP contribution in [-0.2, 0) is 20.9 Å². The molecule has 126 valence electrons. The fourth-order valence-electron chi connectivity index (χ4n) is 2.51. The lowest BCUT2D eigenvalue weighted by Gasteiger charge is -2.28. The number of para-hydroxylation sites is 2. The minimum absolute atomic E-state index is 0.0305. The number of amides is 1. The van der Waals surface area contributed by atoms with Crippen LogP contribution in [0.1, 0.15) is 17.5 Å². The molecule has 0 unspecified atom stereocenters. The fraction of sp³-hybridized carbons (Fsp3) is 0.211. The van der Waals surface area contributed by atoms with E-state index in [2.05, 4.69) is 0 Å². The monoisotopic (exact) mass is 336 g/mol.